The van der Waals surface area contributed by atoms with E-state index in [0.717, 1.165) is 32.4 Å². The minimum absolute atomic E-state index is 0.0871. The molecule has 5 nitrogen and oxygen atoms in total. The molecule has 0 aromatic carbocycles. The Kier molecular flexibility index (Phi) is 4.48. The number of amides is 1. The summed E-state index contributed by atoms with van der Waals surface area (Å²) in [7, 11) is 0. The molecular formula is C14H26N2O3. The van der Waals surface area contributed by atoms with Crippen LogP contribution in [0, 0.1) is 5.41 Å². The molecule has 2 fully saturated rings. The van der Waals surface area contributed by atoms with Gasteiger partial charge in [-0.25, -0.2) is 0 Å². The van der Waals surface area contributed by atoms with E-state index in [0.29, 0.717) is 19.6 Å². The topological polar surface area (TPSA) is 70.6 Å². The molecule has 0 saturated carbocycles. The van der Waals surface area contributed by atoms with Gasteiger partial charge in [0, 0.05) is 19.6 Å². The monoisotopic (exact) mass is 270 g/mol. The van der Waals surface area contributed by atoms with Gasteiger partial charge in [0.1, 0.15) is 5.60 Å². The van der Waals surface area contributed by atoms with E-state index < -0.39 is 5.60 Å². The lowest BCUT2D eigenvalue weighted by Gasteiger charge is -2.36. The second-order valence-electron chi connectivity index (χ2n) is 5.93. The SMILES string of the molecule is CCC1(C(=O)NCC2(O)CCOC2C)CCNCC1. The number of nitrogens with one attached hydrogen (secondary N) is 2. The molecule has 0 radical (unpaired) electrons. The molecule has 1 amide bonds. The van der Waals surface area contributed by atoms with E-state index >= 15 is 0 Å². The van der Waals surface area contributed by atoms with Crippen LogP contribution < -0.4 is 10.6 Å². The largest absolute Gasteiger partial charge is 0.385 e. The molecule has 110 valence electrons. The van der Waals surface area contributed by atoms with Crippen molar-refractivity contribution >= 4 is 5.91 Å². The van der Waals surface area contributed by atoms with Gasteiger partial charge in [0.25, 0.3) is 0 Å². The Bertz CT molecular complexity index is 329. The maximum atomic E-state index is 12.5. The lowest BCUT2D eigenvalue weighted by Crippen LogP contribution is -2.53. The fraction of sp³-hybridized carbons (Fsp3) is 0.929. The van der Waals surface area contributed by atoms with Crippen LogP contribution in [0.1, 0.15) is 39.5 Å². The van der Waals surface area contributed by atoms with E-state index in [4.69, 9.17) is 4.74 Å². The first-order valence-corrected chi connectivity index (χ1v) is 7.35. The highest BCUT2D eigenvalue weighted by Gasteiger charge is 2.42. The van der Waals surface area contributed by atoms with Crippen LogP contribution in [0.4, 0.5) is 0 Å². The first kappa shape index (κ1) is 14.8. The summed E-state index contributed by atoms with van der Waals surface area (Å²) >= 11 is 0. The Morgan fingerprint density at radius 1 is 1.42 bits per heavy atom. The molecule has 0 aromatic heterocycles. The van der Waals surface area contributed by atoms with Crippen molar-refractivity contribution in [1.29, 1.82) is 0 Å². The Hall–Kier alpha value is -0.650. The van der Waals surface area contributed by atoms with Gasteiger partial charge in [-0.05, 0) is 39.3 Å². The Labute approximate surface area is 115 Å². The number of carbonyl (C=O) groups is 1. The minimum atomic E-state index is -0.905. The van der Waals surface area contributed by atoms with Crippen LogP contribution in [0.3, 0.4) is 0 Å². The average molecular weight is 270 g/mol. The number of ether oxygens (including phenoxy) is 1. The first-order chi connectivity index (χ1) is 9.02. The van der Waals surface area contributed by atoms with Crippen LogP contribution in [-0.4, -0.2) is 49.0 Å². The summed E-state index contributed by atoms with van der Waals surface area (Å²) in [6.07, 6.45) is 2.98. The van der Waals surface area contributed by atoms with Crippen molar-refractivity contribution in [2.45, 2.75) is 51.2 Å². The Morgan fingerprint density at radius 3 is 2.63 bits per heavy atom. The maximum Gasteiger partial charge on any atom is 0.226 e. The number of hydrogen-bond donors (Lipinski definition) is 3. The van der Waals surface area contributed by atoms with Crippen molar-refractivity contribution in [1.82, 2.24) is 10.6 Å². The quantitative estimate of drug-likeness (QED) is 0.692. The number of rotatable bonds is 4. The van der Waals surface area contributed by atoms with Crippen molar-refractivity contribution in [3.63, 3.8) is 0 Å². The Morgan fingerprint density at radius 2 is 2.11 bits per heavy atom. The van der Waals surface area contributed by atoms with Gasteiger partial charge in [-0.2, -0.15) is 0 Å². The third kappa shape index (κ3) is 2.93. The number of carbonyl (C=O) groups excluding carboxylic acids is 1. The predicted molar refractivity (Wildman–Crippen MR) is 72.8 cm³/mol. The Balaban J connectivity index is 1.93. The summed E-state index contributed by atoms with van der Waals surface area (Å²) in [4.78, 5) is 12.5. The molecule has 2 rings (SSSR count). The van der Waals surface area contributed by atoms with Crippen molar-refractivity contribution in [3.05, 3.63) is 0 Å². The minimum Gasteiger partial charge on any atom is -0.385 e. The van der Waals surface area contributed by atoms with Crippen molar-refractivity contribution in [3.8, 4) is 0 Å². The molecule has 0 aliphatic carbocycles. The van der Waals surface area contributed by atoms with Crippen LogP contribution in [0.25, 0.3) is 0 Å². The van der Waals surface area contributed by atoms with Crippen LogP contribution in [-0.2, 0) is 9.53 Å². The van der Waals surface area contributed by atoms with Gasteiger partial charge in [0.05, 0.1) is 11.5 Å². The molecular weight excluding hydrogens is 244 g/mol. The molecule has 0 aromatic rings. The standard InChI is InChI=1S/C14H26N2O3/c1-3-13(4-7-15-8-5-13)12(17)16-10-14(18)6-9-19-11(14)2/h11,15,18H,3-10H2,1-2H3,(H,16,17). The van der Waals surface area contributed by atoms with E-state index in [1.807, 2.05) is 6.92 Å². The highest BCUT2D eigenvalue weighted by Crippen LogP contribution is 2.33. The zero-order valence-corrected chi connectivity index (χ0v) is 12.0. The lowest BCUT2D eigenvalue weighted by atomic mass is 9.75. The smallest absolute Gasteiger partial charge is 0.226 e. The van der Waals surface area contributed by atoms with Crippen LogP contribution in [0.2, 0.25) is 0 Å². The second-order valence-corrected chi connectivity index (χ2v) is 5.93. The summed E-state index contributed by atoms with van der Waals surface area (Å²) in [5.74, 6) is 0.0871. The fourth-order valence-electron chi connectivity index (χ4n) is 3.07. The van der Waals surface area contributed by atoms with Crippen LogP contribution in [0.5, 0.6) is 0 Å². The van der Waals surface area contributed by atoms with Crippen molar-refractivity contribution < 1.29 is 14.6 Å². The van der Waals surface area contributed by atoms with Crippen molar-refractivity contribution in [2.24, 2.45) is 5.41 Å². The van der Waals surface area contributed by atoms with Gasteiger partial charge in [0.15, 0.2) is 0 Å². The molecule has 19 heavy (non-hydrogen) atoms. The maximum absolute atomic E-state index is 12.5. The van der Waals surface area contributed by atoms with Gasteiger partial charge >= 0.3 is 0 Å². The summed E-state index contributed by atoms with van der Waals surface area (Å²) in [5, 5.41) is 16.7. The normalized spacial score (nSPS) is 34.2. The zero-order chi connectivity index (χ0) is 13.9. The molecule has 0 spiro atoms. The van der Waals surface area contributed by atoms with Gasteiger partial charge in [-0.3, -0.25) is 4.79 Å². The van der Waals surface area contributed by atoms with Gasteiger partial charge in [-0.1, -0.05) is 6.92 Å². The molecule has 2 aliphatic rings. The summed E-state index contributed by atoms with van der Waals surface area (Å²) < 4.78 is 5.39. The summed E-state index contributed by atoms with van der Waals surface area (Å²) in [6, 6.07) is 0. The molecule has 3 N–H and O–H groups in total. The van der Waals surface area contributed by atoms with E-state index in [9.17, 15) is 9.90 Å². The number of piperidine rings is 1. The summed E-state index contributed by atoms with van der Waals surface area (Å²) in [6.45, 7) is 6.58. The molecule has 2 unspecified atom stereocenters. The summed E-state index contributed by atoms with van der Waals surface area (Å²) in [5.41, 5.74) is -1.16. The van der Waals surface area contributed by atoms with E-state index in [2.05, 4.69) is 17.6 Å². The number of hydrogen-bond acceptors (Lipinski definition) is 4. The lowest BCUT2D eigenvalue weighted by molar-refractivity contribution is -0.134. The average Bonchev–Trinajstić information content (AvgIpc) is 2.77. The first-order valence-electron chi connectivity index (χ1n) is 7.35. The molecule has 5 heteroatoms. The highest BCUT2D eigenvalue weighted by molar-refractivity contribution is 5.82. The van der Waals surface area contributed by atoms with Gasteiger partial charge in [0.2, 0.25) is 5.91 Å². The highest BCUT2D eigenvalue weighted by atomic mass is 16.5. The third-order valence-electron chi connectivity index (χ3n) is 4.93. The molecule has 2 aliphatic heterocycles. The van der Waals surface area contributed by atoms with E-state index in [1.54, 1.807) is 0 Å². The zero-order valence-electron chi connectivity index (χ0n) is 12.0. The van der Waals surface area contributed by atoms with Gasteiger partial charge < -0.3 is 20.5 Å². The third-order valence-corrected chi connectivity index (χ3v) is 4.93. The van der Waals surface area contributed by atoms with Gasteiger partial charge in [-0.15, -0.1) is 0 Å². The number of aliphatic hydroxyl groups is 1. The van der Waals surface area contributed by atoms with Crippen LogP contribution >= 0.6 is 0 Å². The predicted octanol–water partition coefficient (Wildman–Crippen LogP) is 0.422. The molecule has 2 saturated heterocycles. The fourth-order valence-corrected chi connectivity index (χ4v) is 3.07. The van der Waals surface area contributed by atoms with E-state index in [-0.39, 0.29) is 17.4 Å². The molecule has 0 bridgehead atoms. The van der Waals surface area contributed by atoms with Crippen molar-refractivity contribution in [2.75, 3.05) is 26.2 Å². The molecule has 2 heterocycles. The molecule has 2 atom stereocenters. The second kappa shape index (κ2) is 5.77. The van der Waals surface area contributed by atoms with Crippen LogP contribution in [0.15, 0.2) is 0 Å². The van der Waals surface area contributed by atoms with E-state index in [1.165, 1.54) is 0 Å².